The molecule has 6 nitrogen and oxygen atoms in total. The quantitative estimate of drug-likeness (QED) is 0.668. The van der Waals surface area contributed by atoms with Gasteiger partial charge in [0.2, 0.25) is 0 Å². The van der Waals surface area contributed by atoms with E-state index >= 15 is 0 Å². The number of anilines is 1. The molecular formula is C14H21ClN2O4. The standard InChI is InChI=1S/C14H21ClN2O4/c1-3-20-9-7-17(8-10-21-4-2)12-6-5-11(15)13(16-12)14(18)19/h5-6H,3-4,7-10H2,1-2H3,(H,18,19). The van der Waals surface area contributed by atoms with Crippen LogP contribution >= 0.6 is 11.6 Å². The summed E-state index contributed by atoms with van der Waals surface area (Å²) in [5.74, 6) is -0.590. The number of carbonyl (C=O) groups is 1. The van der Waals surface area contributed by atoms with Gasteiger partial charge in [0.15, 0.2) is 5.69 Å². The van der Waals surface area contributed by atoms with Crippen molar-refractivity contribution in [1.29, 1.82) is 0 Å². The maximum absolute atomic E-state index is 11.1. The van der Waals surface area contributed by atoms with Crippen LogP contribution < -0.4 is 4.90 Å². The van der Waals surface area contributed by atoms with Gasteiger partial charge in [0, 0.05) is 26.3 Å². The van der Waals surface area contributed by atoms with Gasteiger partial charge in [-0.2, -0.15) is 0 Å². The van der Waals surface area contributed by atoms with Crippen molar-refractivity contribution >= 4 is 23.4 Å². The minimum absolute atomic E-state index is 0.126. The lowest BCUT2D eigenvalue weighted by atomic mass is 10.3. The van der Waals surface area contributed by atoms with E-state index in [-0.39, 0.29) is 10.7 Å². The van der Waals surface area contributed by atoms with Gasteiger partial charge in [-0.1, -0.05) is 11.6 Å². The van der Waals surface area contributed by atoms with Crippen molar-refractivity contribution in [2.75, 3.05) is 44.4 Å². The first-order chi connectivity index (χ1) is 10.1. The van der Waals surface area contributed by atoms with Crippen molar-refractivity contribution in [1.82, 2.24) is 4.98 Å². The van der Waals surface area contributed by atoms with Gasteiger partial charge in [0.05, 0.1) is 18.2 Å². The smallest absolute Gasteiger partial charge is 0.356 e. The molecule has 0 saturated heterocycles. The lowest BCUT2D eigenvalue weighted by Crippen LogP contribution is -2.32. The molecule has 1 aromatic heterocycles. The van der Waals surface area contributed by atoms with E-state index in [0.717, 1.165) is 0 Å². The Labute approximate surface area is 129 Å². The zero-order valence-corrected chi connectivity index (χ0v) is 13.1. The molecule has 0 radical (unpaired) electrons. The maximum Gasteiger partial charge on any atom is 0.356 e. The fraction of sp³-hybridized carbons (Fsp3) is 0.571. The third kappa shape index (κ3) is 5.87. The van der Waals surface area contributed by atoms with Crippen molar-refractivity contribution in [2.24, 2.45) is 0 Å². The van der Waals surface area contributed by atoms with Crippen molar-refractivity contribution < 1.29 is 19.4 Å². The number of carboxylic acids is 1. The average Bonchev–Trinajstić information content (AvgIpc) is 2.46. The summed E-state index contributed by atoms with van der Waals surface area (Å²) in [4.78, 5) is 17.1. The highest BCUT2D eigenvalue weighted by Gasteiger charge is 2.15. The second-order valence-corrected chi connectivity index (χ2v) is 4.59. The minimum Gasteiger partial charge on any atom is -0.476 e. The number of nitrogens with zero attached hydrogens (tertiary/aromatic N) is 2. The highest BCUT2D eigenvalue weighted by molar-refractivity contribution is 6.33. The second kappa shape index (κ2) is 9.55. The Morgan fingerprint density at radius 3 is 2.29 bits per heavy atom. The summed E-state index contributed by atoms with van der Waals surface area (Å²) in [5, 5.41) is 9.21. The molecule has 118 valence electrons. The molecule has 1 aromatic rings. The number of aromatic nitrogens is 1. The molecule has 0 fully saturated rings. The van der Waals surface area contributed by atoms with E-state index < -0.39 is 5.97 Å². The molecule has 1 rings (SSSR count). The topological polar surface area (TPSA) is 71.9 Å². The molecule has 0 aliphatic carbocycles. The van der Waals surface area contributed by atoms with Crippen LogP contribution in [0.5, 0.6) is 0 Å². The highest BCUT2D eigenvalue weighted by Crippen LogP contribution is 2.19. The molecule has 0 spiro atoms. The van der Waals surface area contributed by atoms with Gasteiger partial charge >= 0.3 is 5.97 Å². The fourth-order valence-electron chi connectivity index (χ4n) is 1.74. The molecule has 1 heterocycles. The predicted octanol–water partition coefficient (Wildman–Crippen LogP) is 2.31. The monoisotopic (exact) mass is 316 g/mol. The van der Waals surface area contributed by atoms with Gasteiger partial charge in [-0.05, 0) is 26.0 Å². The highest BCUT2D eigenvalue weighted by atomic mass is 35.5. The van der Waals surface area contributed by atoms with Crippen LogP contribution in [0.15, 0.2) is 12.1 Å². The van der Waals surface area contributed by atoms with Crippen LogP contribution in [0.3, 0.4) is 0 Å². The molecule has 7 heteroatoms. The lowest BCUT2D eigenvalue weighted by Gasteiger charge is -2.24. The van der Waals surface area contributed by atoms with E-state index in [9.17, 15) is 4.79 Å². The van der Waals surface area contributed by atoms with E-state index in [1.165, 1.54) is 0 Å². The number of rotatable bonds is 10. The predicted molar refractivity (Wildman–Crippen MR) is 81.4 cm³/mol. The molecule has 0 saturated carbocycles. The zero-order chi connectivity index (χ0) is 15.7. The fourth-order valence-corrected chi connectivity index (χ4v) is 1.92. The van der Waals surface area contributed by atoms with E-state index in [1.807, 2.05) is 18.7 Å². The molecule has 0 aliphatic rings. The first-order valence-electron chi connectivity index (χ1n) is 6.90. The van der Waals surface area contributed by atoms with Crippen LogP contribution in [0.25, 0.3) is 0 Å². The van der Waals surface area contributed by atoms with Gasteiger partial charge in [-0.3, -0.25) is 0 Å². The van der Waals surface area contributed by atoms with E-state index in [4.69, 9.17) is 26.2 Å². The van der Waals surface area contributed by atoms with Crippen LogP contribution in [0, 0.1) is 0 Å². The Kier molecular flexibility index (Phi) is 8.04. The Morgan fingerprint density at radius 1 is 1.24 bits per heavy atom. The first kappa shape index (κ1) is 17.7. The van der Waals surface area contributed by atoms with Crippen LogP contribution in [-0.4, -0.2) is 55.6 Å². The van der Waals surface area contributed by atoms with Crippen molar-refractivity contribution in [2.45, 2.75) is 13.8 Å². The first-order valence-corrected chi connectivity index (χ1v) is 7.28. The normalized spacial score (nSPS) is 10.6. The largest absolute Gasteiger partial charge is 0.476 e. The summed E-state index contributed by atoms with van der Waals surface area (Å²) in [7, 11) is 0. The molecule has 0 amide bonds. The number of carboxylic acid groups (broad SMARTS) is 1. The third-order valence-corrected chi connectivity index (χ3v) is 3.08. The van der Waals surface area contributed by atoms with Gasteiger partial charge < -0.3 is 19.5 Å². The molecule has 1 N–H and O–H groups in total. The number of halogens is 1. The summed E-state index contributed by atoms with van der Waals surface area (Å²) < 4.78 is 10.7. The molecule has 0 atom stereocenters. The third-order valence-electron chi connectivity index (χ3n) is 2.78. The van der Waals surface area contributed by atoms with Gasteiger partial charge in [-0.25, -0.2) is 9.78 Å². The summed E-state index contributed by atoms with van der Waals surface area (Å²) in [6, 6.07) is 3.24. The van der Waals surface area contributed by atoms with Crippen LogP contribution in [0.4, 0.5) is 5.82 Å². The molecule has 0 bridgehead atoms. The number of hydrogen-bond donors (Lipinski definition) is 1. The summed E-state index contributed by atoms with van der Waals surface area (Å²) in [5.41, 5.74) is -0.146. The maximum atomic E-state index is 11.1. The molecular weight excluding hydrogens is 296 g/mol. The summed E-state index contributed by atoms with van der Waals surface area (Å²) >= 11 is 5.84. The van der Waals surface area contributed by atoms with Gasteiger partial charge in [0.25, 0.3) is 0 Å². The van der Waals surface area contributed by atoms with Crippen molar-refractivity contribution in [3.8, 4) is 0 Å². The molecule has 0 aromatic carbocycles. The number of pyridine rings is 1. The SMILES string of the molecule is CCOCCN(CCOCC)c1ccc(Cl)c(C(=O)O)n1. The Balaban J connectivity index is 2.84. The summed E-state index contributed by atoms with van der Waals surface area (Å²) in [6.45, 7) is 7.40. The minimum atomic E-state index is -1.14. The Morgan fingerprint density at radius 2 is 1.81 bits per heavy atom. The lowest BCUT2D eigenvalue weighted by molar-refractivity contribution is 0.0691. The second-order valence-electron chi connectivity index (χ2n) is 4.19. The molecule has 0 aliphatic heterocycles. The number of ether oxygens (including phenoxy) is 2. The summed E-state index contributed by atoms with van der Waals surface area (Å²) in [6.07, 6.45) is 0. The molecule has 0 unspecified atom stereocenters. The molecule has 21 heavy (non-hydrogen) atoms. The van der Waals surface area contributed by atoms with Crippen LogP contribution in [0.2, 0.25) is 5.02 Å². The van der Waals surface area contributed by atoms with Gasteiger partial charge in [-0.15, -0.1) is 0 Å². The van der Waals surface area contributed by atoms with Crippen molar-refractivity contribution in [3.05, 3.63) is 22.8 Å². The van der Waals surface area contributed by atoms with E-state index in [0.29, 0.717) is 45.3 Å². The zero-order valence-electron chi connectivity index (χ0n) is 12.3. The Bertz CT molecular complexity index is 447. The van der Waals surface area contributed by atoms with E-state index in [1.54, 1.807) is 12.1 Å². The van der Waals surface area contributed by atoms with E-state index in [2.05, 4.69) is 4.98 Å². The van der Waals surface area contributed by atoms with Gasteiger partial charge in [0.1, 0.15) is 5.82 Å². The Hall–Kier alpha value is -1.37. The van der Waals surface area contributed by atoms with Crippen LogP contribution in [-0.2, 0) is 9.47 Å². The van der Waals surface area contributed by atoms with Crippen molar-refractivity contribution in [3.63, 3.8) is 0 Å². The van der Waals surface area contributed by atoms with Crippen LogP contribution in [0.1, 0.15) is 24.3 Å². The number of hydrogen-bond acceptors (Lipinski definition) is 5. The average molecular weight is 317 g/mol. The number of aromatic carboxylic acids is 1.